The summed E-state index contributed by atoms with van der Waals surface area (Å²) >= 11 is 0. The van der Waals surface area contributed by atoms with E-state index in [0.29, 0.717) is 19.0 Å². The fourth-order valence-electron chi connectivity index (χ4n) is 2.82. The van der Waals surface area contributed by atoms with Crippen LogP contribution in [0.1, 0.15) is 52.0 Å². The SMILES string of the molecule is CC(C)(C)OC(=O)N[C@H]1CCCC[C@H]1Nc1nc(N)ncc1C(F)(F)F. The van der Waals surface area contributed by atoms with Crippen molar-refractivity contribution >= 4 is 17.9 Å². The number of nitrogens with zero attached hydrogens (tertiary/aromatic N) is 2. The minimum Gasteiger partial charge on any atom is -0.444 e. The fraction of sp³-hybridized carbons (Fsp3) is 0.688. The van der Waals surface area contributed by atoms with Gasteiger partial charge in [-0.2, -0.15) is 18.2 Å². The number of rotatable bonds is 3. The van der Waals surface area contributed by atoms with E-state index >= 15 is 0 Å². The van der Waals surface area contributed by atoms with Gasteiger partial charge >= 0.3 is 12.3 Å². The number of nitrogens with two attached hydrogens (primary N) is 1. The second kappa shape index (κ2) is 7.55. The zero-order valence-electron chi connectivity index (χ0n) is 15.0. The molecule has 10 heteroatoms. The molecule has 1 aliphatic carbocycles. The van der Waals surface area contributed by atoms with Gasteiger partial charge < -0.3 is 21.1 Å². The molecule has 1 fully saturated rings. The first-order valence-corrected chi connectivity index (χ1v) is 8.41. The van der Waals surface area contributed by atoms with Crippen LogP contribution >= 0.6 is 0 Å². The molecule has 0 saturated heterocycles. The average molecular weight is 375 g/mol. The summed E-state index contributed by atoms with van der Waals surface area (Å²) in [4.78, 5) is 19.1. The predicted octanol–water partition coefficient (Wildman–Crippen LogP) is 3.33. The zero-order valence-corrected chi connectivity index (χ0v) is 15.0. The quantitative estimate of drug-likeness (QED) is 0.749. The Morgan fingerprint density at radius 3 is 2.42 bits per heavy atom. The van der Waals surface area contributed by atoms with Crippen molar-refractivity contribution in [1.29, 1.82) is 0 Å². The molecule has 0 aliphatic heterocycles. The highest BCUT2D eigenvalue weighted by atomic mass is 19.4. The number of carbonyl (C=O) groups is 1. The average Bonchev–Trinajstić information content (AvgIpc) is 2.46. The second-order valence-corrected chi connectivity index (χ2v) is 7.28. The molecule has 2 atom stereocenters. The third kappa shape index (κ3) is 5.63. The van der Waals surface area contributed by atoms with E-state index in [0.717, 1.165) is 12.8 Å². The Bertz CT molecular complexity index is 646. The van der Waals surface area contributed by atoms with Gasteiger partial charge in [0.15, 0.2) is 0 Å². The van der Waals surface area contributed by atoms with Gasteiger partial charge in [-0.3, -0.25) is 0 Å². The number of alkyl halides is 3. The van der Waals surface area contributed by atoms with Crippen molar-refractivity contribution in [2.75, 3.05) is 11.1 Å². The highest BCUT2D eigenvalue weighted by Crippen LogP contribution is 2.34. The maximum atomic E-state index is 13.2. The smallest absolute Gasteiger partial charge is 0.421 e. The van der Waals surface area contributed by atoms with Crippen molar-refractivity contribution in [2.24, 2.45) is 0 Å². The van der Waals surface area contributed by atoms with Gasteiger partial charge in [-0.05, 0) is 33.6 Å². The van der Waals surface area contributed by atoms with E-state index in [1.807, 2.05) is 0 Å². The van der Waals surface area contributed by atoms with E-state index in [9.17, 15) is 18.0 Å². The van der Waals surface area contributed by atoms with Gasteiger partial charge in [0, 0.05) is 12.2 Å². The Hall–Kier alpha value is -2.26. The van der Waals surface area contributed by atoms with Crippen LogP contribution in [0.25, 0.3) is 0 Å². The molecule has 1 aromatic rings. The maximum absolute atomic E-state index is 13.2. The van der Waals surface area contributed by atoms with E-state index in [4.69, 9.17) is 10.5 Å². The summed E-state index contributed by atoms with van der Waals surface area (Å²) in [7, 11) is 0. The number of alkyl carbamates (subject to hydrolysis) is 1. The van der Waals surface area contributed by atoms with Crippen molar-refractivity contribution in [3.8, 4) is 0 Å². The summed E-state index contributed by atoms with van der Waals surface area (Å²) in [5.41, 5.74) is 3.79. The van der Waals surface area contributed by atoms with E-state index in [2.05, 4.69) is 20.6 Å². The molecular formula is C16H24F3N5O2. The summed E-state index contributed by atoms with van der Waals surface area (Å²) in [6.45, 7) is 5.22. The first kappa shape index (κ1) is 20.1. The van der Waals surface area contributed by atoms with Crippen molar-refractivity contribution < 1.29 is 22.7 Å². The molecule has 1 saturated carbocycles. The largest absolute Gasteiger partial charge is 0.444 e. The Labute approximate surface area is 149 Å². The van der Waals surface area contributed by atoms with Crippen molar-refractivity contribution in [2.45, 2.75) is 70.3 Å². The monoisotopic (exact) mass is 375 g/mol. The molecule has 1 aromatic heterocycles. The number of carbonyl (C=O) groups excluding carboxylic acids is 1. The van der Waals surface area contributed by atoms with Crippen LogP contribution in [0.15, 0.2) is 6.20 Å². The number of hydrogen-bond donors (Lipinski definition) is 3. The first-order valence-electron chi connectivity index (χ1n) is 8.41. The lowest BCUT2D eigenvalue weighted by atomic mass is 9.90. The summed E-state index contributed by atoms with van der Waals surface area (Å²) in [6, 6.07) is -0.803. The first-order chi connectivity index (χ1) is 12.0. The minimum absolute atomic E-state index is 0.257. The minimum atomic E-state index is -4.61. The molecule has 0 radical (unpaired) electrons. The van der Waals surface area contributed by atoms with E-state index in [1.54, 1.807) is 20.8 Å². The molecule has 0 spiro atoms. The van der Waals surface area contributed by atoms with Crippen molar-refractivity contribution in [3.05, 3.63) is 11.8 Å². The van der Waals surface area contributed by atoms with Crippen LogP contribution in [-0.2, 0) is 10.9 Å². The normalized spacial score (nSPS) is 21.2. The Morgan fingerprint density at radius 2 is 1.85 bits per heavy atom. The number of nitrogen functional groups attached to an aromatic ring is 1. The fourth-order valence-corrected chi connectivity index (χ4v) is 2.82. The topological polar surface area (TPSA) is 102 Å². The van der Waals surface area contributed by atoms with Gasteiger partial charge in [-0.1, -0.05) is 12.8 Å². The van der Waals surface area contributed by atoms with Crippen molar-refractivity contribution in [3.63, 3.8) is 0 Å². The molecule has 7 nitrogen and oxygen atoms in total. The third-order valence-electron chi connectivity index (χ3n) is 3.90. The summed E-state index contributed by atoms with van der Waals surface area (Å²) < 4.78 is 44.8. The summed E-state index contributed by atoms with van der Waals surface area (Å²) in [6.07, 6.45) is -1.67. The lowest BCUT2D eigenvalue weighted by Gasteiger charge is -2.34. The van der Waals surface area contributed by atoms with E-state index in [-0.39, 0.29) is 17.8 Å². The van der Waals surface area contributed by atoms with Gasteiger partial charge in [0.25, 0.3) is 0 Å². The molecule has 1 amide bonds. The Balaban J connectivity index is 2.16. The second-order valence-electron chi connectivity index (χ2n) is 7.28. The van der Waals surface area contributed by atoms with Crippen LogP contribution in [0.5, 0.6) is 0 Å². The molecule has 4 N–H and O–H groups in total. The highest BCUT2D eigenvalue weighted by Gasteiger charge is 2.37. The number of amides is 1. The van der Waals surface area contributed by atoms with Crippen LogP contribution < -0.4 is 16.4 Å². The standard InChI is InChI=1S/C16H24F3N5O2/c1-15(2,3)26-14(25)23-11-7-5-4-6-10(11)22-12-9(16(17,18)19)8-21-13(20)24-12/h8,10-11H,4-7H2,1-3H3,(H,23,25)(H3,20,21,22,24)/t10-,11+/m1/s1. The Morgan fingerprint density at radius 1 is 1.23 bits per heavy atom. The number of ether oxygens (including phenoxy) is 1. The molecule has 2 rings (SSSR count). The zero-order chi connectivity index (χ0) is 19.5. The van der Waals surface area contributed by atoms with Crippen LogP contribution in [0.2, 0.25) is 0 Å². The van der Waals surface area contributed by atoms with Crippen molar-refractivity contribution in [1.82, 2.24) is 15.3 Å². The van der Waals surface area contributed by atoms with Crippen LogP contribution in [0.4, 0.5) is 29.7 Å². The number of hydrogen-bond acceptors (Lipinski definition) is 6. The van der Waals surface area contributed by atoms with Gasteiger partial charge in [-0.25, -0.2) is 9.78 Å². The molecule has 1 heterocycles. The predicted molar refractivity (Wildman–Crippen MR) is 90.5 cm³/mol. The molecule has 0 unspecified atom stereocenters. The highest BCUT2D eigenvalue weighted by molar-refractivity contribution is 5.68. The van der Waals surface area contributed by atoms with E-state index < -0.39 is 29.5 Å². The van der Waals surface area contributed by atoms with Gasteiger partial charge in [0.05, 0.1) is 6.04 Å². The van der Waals surface area contributed by atoms with Gasteiger partial charge in [-0.15, -0.1) is 0 Å². The lowest BCUT2D eigenvalue weighted by Crippen LogP contribution is -2.50. The van der Waals surface area contributed by atoms with Crippen LogP contribution in [0, 0.1) is 0 Å². The number of halogens is 3. The molecular weight excluding hydrogens is 351 g/mol. The summed E-state index contributed by atoms with van der Waals surface area (Å²) in [5.74, 6) is -0.638. The molecule has 146 valence electrons. The summed E-state index contributed by atoms with van der Waals surface area (Å²) in [5, 5.41) is 5.53. The van der Waals surface area contributed by atoms with E-state index in [1.165, 1.54) is 0 Å². The lowest BCUT2D eigenvalue weighted by molar-refractivity contribution is -0.137. The molecule has 0 aromatic carbocycles. The number of aromatic nitrogens is 2. The van der Waals surface area contributed by atoms with Crippen LogP contribution in [0.3, 0.4) is 0 Å². The molecule has 26 heavy (non-hydrogen) atoms. The Kier molecular flexibility index (Phi) is 5.82. The maximum Gasteiger partial charge on any atom is 0.421 e. The van der Waals surface area contributed by atoms with Gasteiger partial charge in [0.1, 0.15) is 17.0 Å². The molecule has 0 bridgehead atoms. The van der Waals surface area contributed by atoms with Crippen LogP contribution in [-0.4, -0.2) is 33.7 Å². The third-order valence-corrected chi connectivity index (χ3v) is 3.90. The number of nitrogens with one attached hydrogen (secondary N) is 2. The molecule has 1 aliphatic rings. The number of anilines is 2. The van der Waals surface area contributed by atoms with Gasteiger partial charge in [0.2, 0.25) is 5.95 Å².